The number of rotatable bonds is 2. The minimum atomic E-state index is -4.58. The number of pyridine rings is 1. The van der Waals surface area contributed by atoms with Crippen molar-refractivity contribution in [1.82, 2.24) is 4.57 Å². The molecule has 1 aromatic heterocycles. The molecular formula is C21H18F4N2O. The van der Waals surface area contributed by atoms with Gasteiger partial charge in [-0.2, -0.15) is 13.2 Å². The minimum Gasteiger partial charge on any atom is -0.369 e. The van der Waals surface area contributed by atoms with Crippen LogP contribution in [0.5, 0.6) is 0 Å². The standard InChI is InChI=1S/C21H18F4N2O/c1-13-3-2-9-26(13)15-5-7-19(17(12-15)21(23,24)25)27-10-8-20(28)16-11-14(22)4-6-18(16)27/h4-8,10-13H,2-3,9H2,1H3. The molecule has 1 aliphatic heterocycles. The van der Waals surface area contributed by atoms with Crippen molar-refractivity contribution in [3.63, 3.8) is 0 Å². The predicted octanol–water partition coefficient (Wildman–Crippen LogP) is 5.14. The fourth-order valence-corrected chi connectivity index (χ4v) is 3.89. The van der Waals surface area contributed by atoms with Crippen molar-refractivity contribution in [1.29, 1.82) is 0 Å². The molecule has 2 heterocycles. The maximum Gasteiger partial charge on any atom is 0.418 e. The molecule has 0 spiro atoms. The summed E-state index contributed by atoms with van der Waals surface area (Å²) >= 11 is 0. The van der Waals surface area contributed by atoms with E-state index in [0.29, 0.717) is 5.69 Å². The number of hydrogen-bond donors (Lipinski definition) is 0. The SMILES string of the molecule is CC1CCCN1c1ccc(-n2ccc(=O)c3cc(F)ccc32)c(C(F)(F)F)c1. The summed E-state index contributed by atoms with van der Waals surface area (Å²) in [5, 5.41) is 0.0351. The number of nitrogens with zero attached hydrogens (tertiary/aromatic N) is 2. The second kappa shape index (κ2) is 6.65. The molecule has 1 unspecified atom stereocenters. The molecule has 1 saturated heterocycles. The van der Waals surface area contributed by atoms with Crippen LogP contribution in [0.1, 0.15) is 25.3 Å². The molecule has 7 heteroatoms. The van der Waals surface area contributed by atoms with Crippen molar-refractivity contribution < 1.29 is 17.6 Å². The molecule has 0 aliphatic carbocycles. The molecule has 3 nitrogen and oxygen atoms in total. The number of aromatic nitrogens is 1. The summed E-state index contributed by atoms with van der Waals surface area (Å²) < 4.78 is 56.5. The molecule has 28 heavy (non-hydrogen) atoms. The molecule has 0 amide bonds. The van der Waals surface area contributed by atoms with E-state index in [4.69, 9.17) is 0 Å². The van der Waals surface area contributed by atoms with Crippen molar-refractivity contribution in [3.8, 4) is 5.69 Å². The summed E-state index contributed by atoms with van der Waals surface area (Å²) in [7, 11) is 0. The van der Waals surface area contributed by atoms with Crippen LogP contribution in [-0.4, -0.2) is 17.2 Å². The summed E-state index contributed by atoms with van der Waals surface area (Å²) in [5.74, 6) is -0.614. The van der Waals surface area contributed by atoms with E-state index in [1.54, 1.807) is 6.07 Å². The topological polar surface area (TPSA) is 25.2 Å². The van der Waals surface area contributed by atoms with Gasteiger partial charge >= 0.3 is 6.18 Å². The van der Waals surface area contributed by atoms with Crippen LogP contribution in [0.15, 0.2) is 53.5 Å². The van der Waals surface area contributed by atoms with E-state index in [0.717, 1.165) is 43.7 Å². The molecule has 1 atom stereocenters. The highest BCUT2D eigenvalue weighted by Gasteiger charge is 2.35. The lowest BCUT2D eigenvalue weighted by molar-refractivity contribution is -0.137. The third-order valence-electron chi connectivity index (χ3n) is 5.29. The van der Waals surface area contributed by atoms with Gasteiger partial charge in [-0.25, -0.2) is 4.39 Å². The van der Waals surface area contributed by atoms with Gasteiger partial charge in [-0.1, -0.05) is 0 Å². The van der Waals surface area contributed by atoms with Crippen molar-refractivity contribution in [2.24, 2.45) is 0 Å². The van der Waals surface area contributed by atoms with Crippen LogP contribution in [0.3, 0.4) is 0 Å². The maximum absolute atomic E-state index is 13.9. The first kappa shape index (κ1) is 18.5. The second-order valence-corrected chi connectivity index (χ2v) is 7.10. The van der Waals surface area contributed by atoms with Crippen molar-refractivity contribution in [2.45, 2.75) is 32.0 Å². The average molecular weight is 390 g/mol. The smallest absolute Gasteiger partial charge is 0.369 e. The van der Waals surface area contributed by atoms with Crippen LogP contribution in [0.4, 0.5) is 23.2 Å². The Hall–Kier alpha value is -2.83. The highest BCUT2D eigenvalue weighted by atomic mass is 19.4. The maximum atomic E-state index is 13.9. The van der Waals surface area contributed by atoms with Crippen molar-refractivity contribution in [3.05, 3.63) is 70.3 Å². The van der Waals surface area contributed by atoms with Gasteiger partial charge in [-0.05, 0) is 56.2 Å². The van der Waals surface area contributed by atoms with Crippen LogP contribution >= 0.6 is 0 Å². The van der Waals surface area contributed by atoms with Gasteiger partial charge in [0, 0.05) is 35.9 Å². The molecule has 0 N–H and O–H groups in total. The Morgan fingerprint density at radius 1 is 1.07 bits per heavy atom. The Morgan fingerprint density at radius 2 is 1.86 bits per heavy atom. The van der Waals surface area contributed by atoms with Crippen LogP contribution in [0.2, 0.25) is 0 Å². The average Bonchev–Trinajstić information content (AvgIpc) is 3.07. The first-order valence-corrected chi connectivity index (χ1v) is 9.05. The number of alkyl halides is 3. The Morgan fingerprint density at radius 3 is 2.54 bits per heavy atom. The third-order valence-corrected chi connectivity index (χ3v) is 5.29. The summed E-state index contributed by atoms with van der Waals surface area (Å²) in [6.07, 6.45) is -1.39. The van der Waals surface area contributed by atoms with Crippen LogP contribution in [0, 0.1) is 5.82 Å². The van der Waals surface area contributed by atoms with Crippen LogP contribution < -0.4 is 10.3 Å². The molecule has 0 bridgehead atoms. The lowest BCUT2D eigenvalue weighted by Gasteiger charge is -2.26. The van der Waals surface area contributed by atoms with E-state index in [1.165, 1.54) is 22.9 Å². The van der Waals surface area contributed by atoms with Gasteiger partial charge < -0.3 is 9.47 Å². The first-order chi connectivity index (χ1) is 13.3. The fraction of sp³-hybridized carbons (Fsp3) is 0.286. The fourth-order valence-electron chi connectivity index (χ4n) is 3.89. The third kappa shape index (κ3) is 3.15. The van der Waals surface area contributed by atoms with E-state index < -0.39 is 23.0 Å². The van der Waals surface area contributed by atoms with Gasteiger partial charge in [0.15, 0.2) is 5.43 Å². The predicted molar refractivity (Wildman–Crippen MR) is 101 cm³/mol. The lowest BCUT2D eigenvalue weighted by Crippen LogP contribution is -2.26. The Kier molecular flexibility index (Phi) is 4.40. The Labute approximate surface area is 158 Å². The number of hydrogen-bond acceptors (Lipinski definition) is 2. The van der Waals surface area contributed by atoms with Crippen molar-refractivity contribution >= 4 is 16.6 Å². The molecule has 1 aliphatic rings. The molecule has 146 valence electrons. The van der Waals surface area contributed by atoms with Gasteiger partial charge in [0.25, 0.3) is 0 Å². The molecule has 4 rings (SSSR count). The number of benzene rings is 2. The van der Waals surface area contributed by atoms with Crippen molar-refractivity contribution in [2.75, 3.05) is 11.4 Å². The van der Waals surface area contributed by atoms with Gasteiger partial charge in [0.1, 0.15) is 5.82 Å². The lowest BCUT2D eigenvalue weighted by atomic mass is 10.1. The van der Waals surface area contributed by atoms with Crippen LogP contribution in [0.25, 0.3) is 16.6 Å². The molecule has 0 saturated carbocycles. The number of anilines is 1. The zero-order valence-electron chi connectivity index (χ0n) is 15.1. The molecule has 1 fully saturated rings. The van der Waals surface area contributed by atoms with E-state index in [1.807, 2.05) is 11.8 Å². The van der Waals surface area contributed by atoms with E-state index in [2.05, 4.69) is 0 Å². The quantitative estimate of drug-likeness (QED) is 0.567. The number of halogens is 4. The van der Waals surface area contributed by atoms with E-state index >= 15 is 0 Å². The summed E-state index contributed by atoms with van der Waals surface area (Å²) in [6.45, 7) is 2.72. The largest absolute Gasteiger partial charge is 0.418 e. The summed E-state index contributed by atoms with van der Waals surface area (Å²) in [6, 6.07) is 9.07. The Bertz CT molecular complexity index is 1100. The number of fused-ring (bicyclic) bond motifs is 1. The molecule has 0 radical (unpaired) electrons. The summed E-state index contributed by atoms with van der Waals surface area (Å²) in [4.78, 5) is 14.0. The molecule has 3 aromatic rings. The van der Waals surface area contributed by atoms with E-state index in [9.17, 15) is 22.4 Å². The molecule has 2 aromatic carbocycles. The Balaban J connectivity index is 1.94. The zero-order chi connectivity index (χ0) is 20.1. The van der Waals surface area contributed by atoms with Gasteiger partial charge in [0.2, 0.25) is 0 Å². The van der Waals surface area contributed by atoms with E-state index in [-0.39, 0.29) is 22.6 Å². The van der Waals surface area contributed by atoms with Gasteiger partial charge in [-0.15, -0.1) is 0 Å². The second-order valence-electron chi connectivity index (χ2n) is 7.10. The zero-order valence-corrected chi connectivity index (χ0v) is 15.1. The van der Waals surface area contributed by atoms with Gasteiger partial charge in [-0.3, -0.25) is 4.79 Å². The molecular weight excluding hydrogens is 372 g/mol. The minimum absolute atomic E-state index is 0.0351. The van der Waals surface area contributed by atoms with Gasteiger partial charge in [0.05, 0.1) is 16.8 Å². The monoisotopic (exact) mass is 390 g/mol. The normalized spacial score (nSPS) is 17.5. The summed E-state index contributed by atoms with van der Waals surface area (Å²) in [5.41, 5.74) is -0.584. The first-order valence-electron chi connectivity index (χ1n) is 9.05. The highest BCUT2D eigenvalue weighted by molar-refractivity contribution is 5.81. The highest BCUT2D eigenvalue weighted by Crippen LogP contribution is 2.38. The van der Waals surface area contributed by atoms with Crippen LogP contribution in [-0.2, 0) is 6.18 Å².